The molecule has 4 rings (SSSR count). The first-order valence-electron chi connectivity index (χ1n) is 10.7. The van der Waals surface area contributed by atoms with E-state index >= 15 is 0 Å². The van der Waals surface area contributed by atoms with E-state index in [4.69, 9.17) is 14.6 Å². The van der Waals surface area contributed by atoms with Crippen molar-refractivity contribution in [1.29, 1.82) is 0 Å². The van der Waals surface area contributed by atoms with Crippen LogP contribution in [-0.2, 0) is 34.3 Å². The first-order chi connectivity index (χ1) is 15.5. The molecule has 0 bridgehead atoms. The summed E-state index contributed by atoms with van der Waals surface area (Å²) < 4.78 is 36.4. The summed E-state index contributed by atoms with van der Waals surface area (Å²) in [6.07, 6.45) is 0.363. The maximum absolute atomic E-state index is 12.7. The normalized spacial score (nSPS) is 14.3. The van der Waals surface area contributed by atoms with E-state index in [9.17, 15) is 13.2 Å². The fourth-order valence-electron chi connectivity index (χ4n) is 4.18. The Hall–Kier alpha value is -3.04. The minimum atomic E-state index is -3.74. The predicted molar refractivity (Wildman–Crippen MR) is 126 cm³/mol. The molecule has 2 N–H and O–H groups in total. The number of carbonyl (C=O) groups excluding carboxylic acids is 1. The molecule has 1 aliphatic rings. The van der Waals surface area contributed by atoms with Gasteiger partial charge < -0.3 is 18.9 Å². The van der Waals surface area contributed by atoms with Gasteiger partial charge in [0.15, 0.2) is 0 Å². The molecule has 2 aromatic carbocycles. The van der Waals surface area contributed by atoms with Gasteiger partial charge in [-0.2, -0.15) is 0 Å². The van der Waals surface area contributed by atoms with Crippen molar-refractivity contribution in [3.8, 4) is 5.75 Å². The number of primary sulfonamides is 1. The van der Waals surface area contributed by atoms with E-state index in [1.54, 1.807) is 24.1 Å². The largest absolute Gasteiger partial charge is 0.497 e. The van der Waals surface area contributed by atoms with E-state index in [1.807, 2.05) is 39.0 Å². The third-order valence-electron chi connectivity index (χ3n) is 5.71. The van der Waals surface area contributed by atoms with Gasteiger partial charge in [-0.05, 0) is 50.6 Å². The van der Waals surface area contributed by atoms with Crippen molar-refractivity contribution in [2.24, 2.45) is 5.14 Å². The summed E-state index contributed by atoms with van der Waals surface area (Å²) in [5, 5.41) is 6.28. The zero-order chi connectivity index (χ0) is 24.0. The first kappa shape index (κ1) is 23.1. The molecule has 176 valence electrons. The predicted octanol–water partition coefficient (Wildman–Crippen LogP) is 3.64. The van der Waals surface area contributed by atoms with E-state index < -0.39 is 15.6 Å². The minimum absolute atomic E-state index is 0.0836. The van der Waals surface area contributed by atoms with Crippen LogP contribution in [0.2, 0.25) is 0 Å². The molecule has 0 radical (unpaired) electrons. The number of methoxy groups -OCH3 is 1. The summed E-state index contributed by atoms with van der Waals surface area (Å²) in [5.74, 6) is 0.743. The molecule has 1 amide bonds. The van der Waals surface area contributed by atoms with Crippen molar-refractivity contribution in [2.45, 2.75) is 50.8 Å². The number of amides is 1. The van der Waals surface area contributed by atoms with Crippen molar-refractivity contribution in [1.82, 2.24) is 9.47 Å². The van der Waals surface area contributed by atoms with E-state index in [-0.39, 0.29) is 11.0 Å². The van der Waals surface area contributed by atoms with Gasteiger partial charge in [-0.1, -0.05) is 12.1 Å². The van der Waals surface area contributed by atoms with E-state index in [2.05, 4.69) is 4.57 Å². The number of carbonyl (C=O) groups is 1. The molecule has 2 heterocycles. The molecular weight excluding hydrogens is 442 g/mol. The molecule has 9 heteroatoms. The van der Waals surface area contributed by atoms with Crippen molar-refractivity contribution < 1.29 is 22.7 Å². The molecule has 0 aliphatic carbocycles. The molecule has 0 fully saturated rings. The second-order valence-corrected chi connectivity index (χ2v) is 10.8. The Morgan fingerprint density at radius 1 is 1.12 bits per heavy atom. The molecule has 1 aromatic heterocycles. The van der Waals surface area contributed by atoms with Gasteiger partial charge in [-0.15, -0.1) is 0 Å². The highest BCUT2D eigenvalue weighted by Gasteiger charge is 2.29. The summed E-state index contributed by atoms with van der Waals surface area (Å²) in [6.45, 7) is 7.15. The van der Waals surface area contributed by atoms with E-state index in [1.165, 1.54) is 12.1 Å². The second kappa shape index (κ2) is 8.39. The summed E-state index contributed by atoms with van der Waals surface area (Å²) >= 11 is 0. The molecule has 0 saturated heterocycles. The molecule has 3 aromatic rings. The Bertz CT molecular complexity index is 1300. The lowest BCUT2D eigenvalue weighted by Crippen LogP contribution is -2.40. The number of rotatable bonds is 4. The molecular formula is C24H29N3O5S. The third kappa shape index (κ3) is 4.84. The highest BCUT2D eigenvalue weighted by molar-refractivity contribution is 7.89. The van der Waals surface area contributed by atoms with Crippen LogP contribution in [0.5, 0.6) is 5.75 Å². The average molecular weight is 472 g/mol. The number of aromatic nitrogens is 1. The number of ether oxygens (including phenoxy) is 2. The van der Waals surface area contributed by atoms with Gasteiger partial charge in [-0.3, -0.25) is 0 Å². The number of sulfonamides is 1. The second-order valence-electron chi connectivity index (χ2n) is 9.24. The van der Waals surface area contributed by atoms with Crippen LogP contribution >= 0.6 is 0 Å². The minimum Gasteiger partial charge on any atom is -0.497 e. The van der Waals surface area contributed by atoms with Crippen molar-refractivity contribution in [3.05, 3.63) is 59.3 Å². The molecule has 0 unspecified atom stereocenters. The van der Waals surface area contributed by atoms with Gasteiger partial charge in [0.25, 0.3) is 0 Å². The lowest BCUT2D eigenvalue weighted by atomic mass is 10.0. The number of nitrogens with two attached hydrogens (primary N) is 1. The SMILES string of the molecule is COc1ccc2c3c(n(Cc4ccc(S(N)(=O)=O)cc4)c2c1)CCN(C(=O)OC(C)(C)C)C3. The van der Waals surface area contributed by atoms with Crippen LogP contribution in [0, 0.1) is 0 Å². The first-order valence-corrected chi connectivity index (χ1v) is 12.3. The molecule has 0 spiro atoms. The Labute approximate surface area is 193 Å². The molecule has 0 saturated carbocycles. The van der Waals surface area contributed by atoms with Crippen LogP contribution < -0.4 is 9.88 Å². The standard InChI is InChI=1S/C24H29N3O5S/c1-24(2,3)32-23(28)26-12-11-21-20(15-26)19-10-7-17(31-4)13-22(19)27(21)14-16-5-8-18(9-6-16)33(25,29)30/h5-10,13H,11-12,14-15H2,1-4H3,(H2,25,29,30). The monoisotopic (exact) mass is 471 g/mol. The van der Waals surface area contributed by atoms with Crippen LogP contribution in [0.4, 0.5) is 4.79 Å². The Balaban J connectivity index is 1.73. The van der Waals surface area contributed by atoms with Gasteiger partial charge >= 0.3 is 6.09 Å². The van der Waals surface area contributed by atoms with Gasteiger partial charge in [0.2, 0.25) is 10.0 Å². The highest BCUT2D eigenvalue weighted by Crippen LogP contribution is 2.34. The Morgan fingerprint density at radius 2 is 1.82 bits per heavy atom. The number of hydrogen-bond donors (Lipinski definition) is 1. The molecule has 33 heavy (non-hydrogen) atoms. The topological polar surface area (TPSA) is 104 Å². The Kier molecular flexibility index (Phi) is 5.88. The van der Waals surface area contributed by atoms with E-state index in [0.29, 0.717) is 26.1 Å². The van der Waals surface area contributed by atoms with Crippen LogP contribution in [-0.4, -0.2) is 43.2 Å². The average Bonchev–Trinajstić information content (AvgIpc) is 3.04. The van der Waals surface area contributed by atoms with Crippen LogP contribution in [0.15, 0.2) is 47.4 Å². The number of hydrogen-bond acceptors (Lipinski definition) is 5. The van der Waals surface area contributed by atoms with Gasteiger partial charge in [0.1, 0.15) is 11.4 Å². The van der Waals surface area contributed by atoms with Crippen LogP contribution in [0.1, 0.15) is 37.6 Å². The number of nitrogens with zero attached hydrogens (tertiary/aromatic N) is 2. The summed E-state index contributed by atoms with van der Waals surface area (Å²) in [7, 11) is -2.11. The lowest BCUT2D eigenvalue weighted by Gasteiger charge is -2.30. The summed E-state index contributed by atoms with van der Waals surface area (Å²) in [5.41, 5.74) is 3.63. The van der Waals surface area contributed by atoms with Crippen molar-refractivity contribution >= 4 is 27.0 Å². The van der Waals surface area contributed by atoms with Crippen molar-refractivity contribution in [2.75, 3.05) is 13.7 Å². The number of fused-ring (bicyclic) bond motifs is 3. The van der Waals surface area contributed by atoms with Gasteiger partial charge in [-0.25, -0.2) is 18.4 Å². The van der Waals surface area contributed by atoms with Crippen LogP contribution in [0.3, 0.4) is 0 Å². The van der Waals surface area contributed by atoms with Crippen LogP contribution in [0.25, 0.3) is 10.9 Å². The maximum atomic E-state index is 12.7. The molecule has 1 aliphatic heterocycles. The fraction of sp³-hybridized carbons (Fsp3) is 0.375. The van der Waals surface area contributed by atoms with Gasteiger partial charge in [0, 0.05) is 42.2 Å². The fourth-order valence-corrected chi connectivity index (χ4v) is 4.70. The third-order valence-corrected chi connectivity index (χ3v) is 6.64. The summed E-state index contributed by atoms with van der Waals surface area (Å²) in [6, 6.07) is 12.5. The quantitative estimate of drug-likeness (QED) is 0.626. The lowest BCUT2D eigenvalue weighted by molar-refractivity contribution is 0.0223. The zero-order valence-electron chi connectivity index (χ0n) is 19.3. The van der Waals surface area contributed by atoms with Gasteiger partial charge in [0.05, 0.1) is 24.1 Å². The molecule has 0 atom stereocenters. The Morgan fingerprint density at radius 3 is 2.42 bits per heavy atom. The van der Waals surface area contributed by atoms with Crippen molar-refractivity contribution in [3.63, 3.8) is 0 Å². The smallest absolute Gasteiger partial charge is 0.410 e. The zero-order valence-corrected chi connectivity index (χ0v) is 20.1. The molecule has 8 nitrogen and oxygen atoms in total. The van der Waals surface area contributed by atoms with E-state index in [0.717, 1.165) is 33.5 Å². The highest BCUT2D eigenvalue weighted by atomic mass is 32.2. The maximum Gasteiger partial charge on any atom is 0.410 e. The summed E-state index contributed by atoms with van der Waals surface area (Å²) in [4.78, 5) is 14.5. The number of benzene rings is 2.